The number of hydrogen-bond acceptors (Lipinski definition) is 3. The van der Waals surface area contributed by atoms with Crippen LogP contribution in [0.4, 0.5) is 0 Å². The fourth-order valence-electron chi connectivity index (χ4n) is 1.01. The maximum Gasteiger partial charge on any atom is 0.152 e. The molecular formula is C7H9NO2. The minimum atomic E-state index is -0.000324. The third-order valence-electron chi connectivity index (χ3n) is 1.64. The molecule has 0 unspecified atom stereocenters. The van der Waals surface area contributed by atoms with Gasteiger partial charge in [0.2, 0.25) is 0 Å². The van der Waals surface area contributed by atoms with Gasteiger partial charge in [0.1, 0.15) is 0 Å². The Balaban J connectivity index is 2.34. The molecule has 10 heavy (non-hydrogen) atoms. The lowest BCUT2D eigenvalue weighted by atomic mass is 10.0. The molecule has 3 nitrogen and oxygen atoms in total. The van der Waals surface area contributed by atoms with Gasteiger partial charge in [-0.25, -0.2) is 0 Å². The van der Waals surface area contributed by atoms with Gasteiger partial charge in [0.15, 0.2) is 5.78 Å². The second-order valence-electron chi connectivity index (χ2n) is 2.36. The zero-order valence-corrected chi connectivity index (χ0v) is 5.67. The minimum Gasteiger partial charge on any atom is -0.381 e. The van der Waals surface area contributed by atoms with Crippen LogP contribution >= 0.6 is 0 Å². The summed E-state index contributed by atoms with van der Waals surface area (Å²) < 4.78 is 4.99. The van der Waals surface area contributed by atoms with Crippen molar-refractivity contribution in [1.82, 2.24) is 0 Å². The van der Waals surface area contributed by atoms with Gasteiger partial charge in [0.25, 0.3) is 0 Å². The van der Waals surface area contributed by atoms with Crippen molar-refractivity contribution < 1.29 is 9.53 Å². The molecule has 0 radical (unpaired) electrons. The molecule has 1 atom stereocenters. The Morgan fingerprint density at radius 1 is 1.80 bits per heavy atom. The molecule has 1 aliphatic heterocycles. The van der Waals surface area contributed by atoms with E-state index < -0.39 is 0 Å². The fraction of sp³-hybridized carbons (Fsp3) is 0.714. The highest BCUT2D eigenvalue weighted by molar-refractivity contribution is 5.83. The van der Waals surface area contributed by atoms with Crippen LogP contribution in [0, 0.1) is 17.2 Å². The van der Waals surface area contributed by atoms with Gasteiger partial charge in [-0.15, -0.1) is 0 Å². The van der Waals surface area contributed by atoms with E-state index in [1.807, 2.05) is 6.07 Å². The van der Waals surface area contributed by atoms with Gasteiger partial charge < -0.3 is 4.74 Å². The average molecular weight is 139 g/mol. The van der Waals surface area contributed by atoms with Gasteiger partial charge >= 0.3 is 0 Å². The molecule has 0 spiro atoms. The van der Waals surface area contributed by atoms with E-state index in [9.17, 15) is 4.79 Å². The Kier molecular flexibility index (Phi) is 2.41. The molecule has 0 saturated carbocycles. The van der Waals surface area contributed by atoms with Crippen LogP contribution in [0.2, 0.25) is 0 Å². The Morgan fingerprint density at radius 3 is 3.10 bits per heavy atom. The molecule has 1 heterocycles. The van der Waals surface area contributed by atoms with Crippen LogP contribution in [0.25, 0.3) is 0 Å². The van der Waals surface area contributed by atoms with Crippen molar-refractivity contribution >= 4 is 5.78 Å². The lowest BCUT2D eigenvalue weighted by molar-refractivity contribution is -0.121. The van der Waals surface area contributed by atoms with Crippen molar-refractivity contribution in [2.45, 2.75) is 12.8 Å². The van der Waals surface area contributed by atoms with Gasteiger partial charge in [0, 0.05) is 12.5 Å². The van der Waals surface area contributed by atoms with E-state index >= 15 is 0 Å². The normalized spacial score (nSPS) is 24.1. The van der Waals surface area contributed by atoms with Gasteiger partial charge in [-0.3, -0.25) is 4.79 Å². The number of carbonyl (C=O) groups is 1. The second-order valence-corrected chi connectivity index (χ2v) is 2.36. The third kappa shape index (κ3) is 1.55. The number of ketones is 1. The molecule has 1 aliphatic rings. The van der Waals surface area contributed by atoms with Crippen LogP contribution in [0.5, 0.6) is 0 Å². The molecule has 0 aromatic rings. The highest BCUT2D eigenvalue weighted by atomic mass is 16.5. The summed E-state index contributed by atoms with van der Waals surface area (Å²) in [5, 5.41) is 8.19. The van der Waals surface area contributed by atoms with E-state index in [0.717, 1.165) is 6.42 Å². The lowest BCUT2D eigenvalue weighted by Crippen LogP contribution is -2.12. The summed E-state index contributed by atoms with van der Waals surface area (Å²) in [6.07, 6.45) is 0.828. The van der Waals surface area contributed by atoms with E-state index in [4.69, 9.17) is 10.00 Å². The van der Waals surface area contributed by atoms with Crippen molar-refractivity contribution in [2.24, 2.45) is 5.92 Å². The predicted octanol–water partition coefficient (Wildman–Crippen LogP) is 0.506. The van der Waals surface area contributed by atoms with Crippen LogP contribution in [0.3, 0.4) is 0 Å². The number of nitrogens with zero attached hydrogens (tertiary/aromatic N) is 1. The first kappa shape index (κ1) is 7.23. The molecule has 0 N–H and O–H groups in total. The van der Waals surface area contributed by atoms with Crippen LogP contribution in [0.1, 0.15) is 12.8 Å². The number of hydrogen-bond donors (Lipinski definition) is 0. The highest BCUT2D eigenvalue weighted by Crippen LogP contribution is 2.14. The zero-order chi connectivity index (χ0) is 7.40. The molecule has 54 valence electrons. The maximum atomic E-state index is 10.9. The van der Waals surface area contributed by atoms with Crippen molar-refractivity contribution in [1.29, 1.82) is 5.26 Å². The van der Waals surface area contributed by atoms with Crippen LogP contribution in [-0.2, 0) is 9.53 Å². The van der Waals surface area contributed by atoms with Crippen LogP contribution in [0.15, 0.2) is 0 Å². The second kappa shape index (κ2) is 3.33. The molecule has 0 aromatic heterocycles. The molecule has 0 aromatic carbocycles. The van der Waals surface area contributed by atoms with Gasteiger partial charge in [-0.2, -0.15) is 5.26 Å². The van der Waals surface area contributed by atoms with E-state index in [-0.39, 0.29) is 18.1 Å². The summed E-state index contributed by atoms with van der Waals surface area (Å²) >= 11 is 0. The zero-order valence-electron chi connectivity index (χ0n) is 5.67. The van der Waals surface area contributed by atoms with E-state index in [0.29, 0.717) is 13.2 Å². The van der Waals surface area contributed by atoms with E-state index in [1.54, 1.807) is 0 Å². The Bertz CT molecular complexity index is 165. The standard InChI is InChI=1S/C7H9NO2/c8-3-1-7(9)6-2-4-10-5-6/h6H,1-2,4-5H2/t6-/m0/s1. The summed E-state index contributed by atoms with van der Waals surface area (Å²) in [7, 11) is 0. The third-order valence-corrected chi connectivity index (χ3v) is 1.64. The summed E-state index contributed by atoms with van der Waals surface area (Å²) in [6, 6.07) is 1.84. The Hall–Kier alpha value is -0.880. The monoisotopic (exact) mass is 139 g/mol. The first-order valence-electron chi connectivity index (χ1n) is 3.32. The molecule has 0 aliphatic carbocycles. The molecule has 1 fully saturated rings. The Labute approximate surface area is 59.6 Å². The number of nitriles is 1. The number of Topliss-reactive ketones (excluding diaryl/α,β-unsaturated/α-hetero) is 1. The summed E-state index contributed by atoms with van der Waals surface area (Å²) in [6.45, 7) is 1.18. The van der Waals surface area contributed by atoms with Crippen molar-refractivity contribution in [3.8, 4) is 6.07 Å². The van der Waals surface area contributed by atoms with Gasteiger partial charge in [-0.05, 0) is 6.42 Å². The molecular weight excluding hydrogens is 130 g/mol. The van der Waals surface area contributed by atoms with Crippen molar-refractivity contribution in [3.63, 3.8) is 0 Å². The van der Waals surface area contributed by atoms with Crippen LogP contribution < -0.4 is 0 Å². The van der Waals surface area contributed by atoms with E-state index in [2.05, 4.69) is 0 Å². The summed E-state index contributed by atoms with van der Waals surface area (Å²) in [5.41, 5.74) is 0. The molecule has 1 rings (SSSR count). The molecule has 0 amide bonds. The summed E-state index contributed by atoms with van der Waals surface area (Å²) in [5.74, 6) is 0.0275. The first-order chi connectivity index (χ1) is 4.84. The fourth-order valence-corrected chi connectivity index (χ4v) is 1.01. The smallest absolute Gasteiger partial charge is 0.152 e. The summed E-state index contributed by atoms with van der Waals surface area (Å²) in [4.78, 5) is 10.9. The largest absolute Gasteiger partial charge is 0.381 e. The van der Waals surface area contributed by atoms with Gasteiger partial charge in [0.05, 0.1) is 19.1 Å². The lowest BCUT2D eigenvalue weighted by Gasteiger charge is -1.99. The molecule has 3 heteroatoms. The number of carbonyl (C=O) groups excluding carboxylic acids is 1. The van der Waals surface area contributed by atoms with E-state index in [1.165, 1.54) is 0 Å². The maximum absolute atomic E-state index is 10.9. The molecule has 1 saturated heterocycles. The topological polar surface area (TPSA) is 50.1 Å². The molecule has 0 bridgehead atoms. The van der Waals surface area contributed by atoms with Crippen LogP contribution in [-0.4, -0.2) is 19.0 Å². The minimum absolute atomic E-state index is 0.000324. The SMILES string of the molecule is N#CCC(=O)[C@H]1CCOC1. The number of rotatable bonds is 2. The number of ether oxygens (including phenoxy) is 1. The van der Waals surface area contributed by atoms with Crippen molar-refractivity contribution in [3.05, 3.63) is 0 Å². The van der Waals surface area contributed by atoms with Gasteiger partial charge in [-0.1, -0.05) is 0 Å². The quantitative estimate of drug-likeness (QED) is 0.560. The predicted molar refractivity (Wildman–Crippen MR) is 34.2 cm³/mol. The van der Waals surface area contributed by atoms with Crippen molar-refractivity contribution in [2.75, 3.05) is 13.2 Å². The first-order valence-corrected chi connectivity index (χ1v) is 3.32. The Morgan fingerprint density at radius 2 is 2.60 bits per heavy atom. The average Bonchev–Trinajstić information content (AvgIpc) is 2.38. The highest BCUT2D eigenvalue weighted by Gasteiger charge is 2.22.